The zero-order chi connectivity index (χ0) is 20.1. The van der Waals surface area contributed by atoms with Crippen LogP contribution >= 0.6 is 0 Å². The van der Waals surface area contributed by atoms with Crippen molar-refractivity contribution in [3.8, 4) is 17.2 Å². The lowest BCUT2D eigenvalue weighted by atomic mass is 10.1. The molecule has 0 fully saturated rings. The number of fused-ring (bicyclic) bond motifs is 1. The third-order valence-corrected chi connectivity index (χ3v) is 4.34. The fourth-order valence-electron chi connectivity index (χ4n) is 2.92. The first kappa shape index (κ1) is 19.4. The Hall–Kier alpha value is -3.41. The van der Waals surface area contributed by atoms with Crippen molar-refractivity contribution in [1.29, 1.82) is 0 Å². The smallest absolute Gasteiger partial charge is 0.244 e. The van der Waals surface area contributed by atoms with Crippen LogP contribution in [-0.4, -0.2) is 27.2 Å². The van der Waals surface area contributed by atoms with Gasteiger partial charge in [-0.3, -0.25) is 4.79 Å². The zero-order valence-corrected chi connectivity index (χ0v) is 16.3. The van der Waals surface area contributed by atoms with Crippen LogP contribution in [0.4, 0.5) is 0 Å². The van der Waals surface area contributed by atoms with Crippen molar-refractivity contribution in [2.45, 2.75) is 13.0 Å². The lowest BCUT2D eigenvalue weighted by molar-refractivity contribution is -0.117. The second kappa shape index (κ2) is 8.52. The quantitative estimate of drug-likeness (QED) is 0.616. The van der Waals surface area contributed by atoms with Crippen LogP contribution in [0.1, 0.15) is 24.3 Å². The highest BCUT2D eigenvalue weighted by Gasteiger charge is 2.14. The second-order valence-corrected chi connectivity index (χ2v) is 6.21. The molecule has 1 aromatic heterocycles. The second-order valence-electron chi connectivity index (χ2n) is 6.21. The Morgan fingerprint density at radius 1 is 1.04 bits per heavy atom. The summed E-state index contributed by atoms with van der Waals surface area (Å²) < 4.78 is 21.7. The van der Waals surface area contributed by atoms with E-state index < -0.39 is 0 Å². The molecule has 0 spiro atoms. The van der Waals surface area contributed by atoms with Crippen molar-refractivity contribution < 1.29 is 23.4 Å². The van der Waals surface area contributed by atoms with Crippen LogP contribution in [0.3, 0.4) is 0 Å². The largest absolute Gasteiger partial charge is 0.493 e. The van der Waals surface area contributed by atoms with E-state index in [0.717, 1.165) is 16.5 Å². The van der Waals surface area contributed by atoms with Crippen LogP contribution in [0.2, 0.25) is 0 Å². The normalized spacial score (nSPS) is 12.1. The molecule has 146 valence electrons. The van der Waals surface area contributed by atoms with E-state index in [1.54, 1.807) is 39.5 Å². The topological polar surface area (TPSA) is 69.9 Å². The number of amides is 1. The van der Waals surface area contributed by atoms with E-state index in [4.69, 9.17) is 18.6 Å². The summed E-state index contributed by atoms with van der Waals surface area (Å²) >= 11 is 0. The zero-order valence-electron chi connectivity index (χ0n) is 16.3. The highest BCUT2D eigenvalue weighted by molar-refractivity contribution is 5.92. The van der Waals surface area contributed by atoms with Crippen molar-refractivity contribution >= 4 is 23.0 Å². The first-order chi connectivity index (χ1) is 13.5. The first-order valence-corrected chi connectivity index (χ1v) is 8.82. The Labute approximate surface area is 163 Å². The number of nitrogens with one attached hydrogen (secondary N) is 1. The molecule has 6 heteroatoms. The average molecular weight is 381 g/mol. The maximum atomic E-state index is 12.3. The molecule has 0 aliphatic rings. The molecule has 3 rings (SSSR count). The molecule has 1 heterocycles. The summed E-state index contributed by atoms with van der Waals surface area (Å²) in [6.07, 6.45) is 3.14. The number of methoxy groups -OCH3 is 3. The number of furan rings is 1. The maximum absolute atomic E-state index is 12.3. The van der Waals surface area contributed by atoms with E-state index in [2.05, 4.69) is 5.32 Å². The molecule has 1 amide bonds. The fraction of sp³-hybridized carbons (Fsp3) is 0.227. The summed E-state index contributed by atoms with van der Waals surface area (Å²) in [5.74, 6) is 2.03. The lowest BCUT2D eigenvalue weighted by Crippen LogP contribution is -2.24. The Morgan fingerprint density at radius 2 is 1.71 bits per heavy atom. The number of hydrogen-bond donors (Lipinski definition) is 1. The van der Waals surface area contributed by atoms with Crippen LogP contribution in [0, 0.1) is 0 Å². The van der Waals surface area contributed by atoms with E-state index in [-0.39, 0.29) is 11.9 Å². The van der Waals surface area contributed by atoms with Gasteiger partial charge in [-0.25, -0.2) is 0 Å². The summed E-state index contributed by atoms with van der Waals surface area (Å²) in [6, 6.07) is 13.0. The van der Waals surface area contributed by atoms with Gasteiger partial charge in [-0.1, -0.05) is 18.2 Å². The summed E-state index contributed by atoms with van der Waals surface area (Å²) in [6.45, 7) is 1.88. The Morgan fingerprint density at radius 3 is 2.32 bits per heavy atom. The Bertz CT molecular complexity index is 947. The minimum Gasteiger partial charge on any atom is -0.493 e. The summed E-state index contributed by atoms with van der Waals surface area (Å²) in [7, 11) is 4.64. The van der Waals surface area contributed by atoms with Gasteiger partial charge >= 0.3 is 0 Å². The molecule has 1 N–H and O–H groups in total. The van der Waals surface area contributed by atoms with Crippen LogP contribution in [0.15, 0.2) is 53.0 Å². The highest BCUT2D eigenvalue weighted by atomic mass is 16.5. The molecule has 2 aromatic carbocycles. The third-order valence-electron chi connectivity index (χ3n) is 4.34. The van der Waals surface area contributed by atoms with Crippen molar-refractivity contribution in [3.05, 3.63) is 59.9 Å². The predicted molar refractivity (Wildman–Crippen MR) is 108 cm³/mol. The van der Waals surface area contributed by atoms with Crippen molar-refractivity contribution in [2.24, 2.45) is 0 Å². The molecule has 1 unspecified atom stereocenters. The molecule has 1 atom stereocenters. The molecule has 0 radical (unpaired) electrons. The maximum Gasteiger partial charge on any atom is 0.244 e. The minimum atomic E-state index is -0.260. The number of rotatable bonds is 7. The molecular formula is C22H23NO5. The SMILES string of the molecule is COc1cc(/C=C/C(=O)NC(C)c2cc3ccccc3o2)cc(OC)c1OC. The number of ether oxygens (including phenoxy) is 3. The molecule has 3 aromatic rings. The van der Waals surface area contributed by atoms with Crippen molar-refractivity contribution in [3.63, 3.8) is 0 Å². The highest BCUT2D eigenvalue weighted by Crippen LogP contribution is 2.38. The molecule has 28 heavy (non-hydrogen) atoms. The van der Waals surface area contributed by atoms with Crippen LogP contribution in [0.25, 0.3) is 17.0 Å². The monoisotopic (exact) mass is 381 g/mol. The van der Waals surface area contributed by atoms with E-state index in [0.29, 0.717) is 23.0 Å². The number of benzene rings is 2. The predicted octanol–water partition coefficient (Wildman–Crippen LogP) is 4.35. The number of hydrogen-bond acceptors (Lipinski definition) is 5. The molecule has 0 saturated carbocycles. The molecule has 0 bridgehead atoms. The van der Waals surface area contributed by atoms with Gasteiger partial charge in [0.25, 0.3) is 0 Å². The van der Waals surface area contributed by atoms with E-state index >= 15 is 0 Å². The van der Waals surface area contributed by atoms with E-state index in [1.165, 1.54) is 6.08 Å². The summed E-state index contributed by atoms with van der Waals surface area (Å²) in [5.41, 5.74) is 1.55. The van der Waals surface area contributed by atoms with E-state index in [1.807, 2.05) is 37.3 Å². The van der Waals surface area contributed by atoms with Crippen LogP contribution in [-0.2, 0) is 4.79 Å². The molecule has 0 aliphatic carbocycles. The standard InChI is InChI=1S/C22H23NO5/c1-14(18-13-16-7-5-6-8-17(16)28-18)23-21(24)10-9-15-11-19(25-2)22(27-4)20(12-15)26-3/h5-14H,1-4H3,(H,23,24)/b10-9+. The van der Waals surface area contributed by atoms with Crippen molar-refractivity contribution in [1.82, 2.24) is 5.32 Å². The van der Waals surface area contributed by atoms with Gasteiger partial charge in [-0.15, -0.1) is 0 Å². The number of carbonyl (C=O) groups is 1. The molecule has 0 aliphatic heterocycles. The summed E-state index contributed by atoms with van der Waals surface area (Å²) in [4.78, 5) is 12.3. The van der Waals surface area contributed by atoms with Gasteiger partial charge < -0.3 is 23.9 Å². The minimum absolute atomic E-state index is 0.235. The molecule has 0 saturated heterocycles. The summed E-state index contributed by atoms with van der Waals surface area (Å²) in [5, 5.41) is 3.91. The fourth-order valence-corrected chi connectivity index (χ4v) is 2.92. The van der Waals surface area contributed by atoms with Gasteiger partial charge in [0.2, 0.25) is 11.7 Å². The Kier molecular flexibility index (Phi) is 5.89. The number of para-hydroxylation sites is 1. The molecule has 6 nitrogen and oxygen atoms in total. The van der Waals surface area contributed by atoms with Gasteiger partial charge in [-0.05, 0) is 42.8 Å². The molecular weight excluding hydrogens is 358 g/mol. The van der Waals surface area contributed by atoms with Crippen LogP contribution < -0.4 is 19.5 Å². The Balaban J connectivity index is 1.72. The lowest BCUT2D eigenvalue weighted by Gasteiger charge is -2.13. The van der Waals surface area contributed by atoms with Gasteiger partial charge in [0.05, 0.1) is 27.4 Å². The van der Waals surface area contributed by atoms with Crippen molar-refractivity contribution in [2.75, 3.05) is 21.3 Å². The van der Waals surface area contributed by atoms with E-state index in [9.17, 15) is 4.79 Å². The van der Waals surface area contributed by atoms with Gasteiger partial charge in [0.1, 0.15) is 11.3 Å². The first-order valence-electron chi connectivity index (χ1n) is 8.82. The van der Waals surface area contributed by atoms with Gasteiger partial charge in [0, 0.05) is 11.5 Å². The third kappa shape index (κ3) is 4.11. The van der Waals surface area contributed by atoms with Gasteiger partial charge in [-0.2, -0.15) is 0 Å². The van der Waals surface area contributed by atoms with Crippen LogP contribution in [0.5, 0.6) is 17.2 Å². The average Bonchev–Trinajstić information content (AvgIpc) is 3.15. The number of carbonyl (C=O) groups excluding carboxylic acids is 1. The van der Waals surface area contributed by atoms with Gasteiger partial charge in [0.15, 0.2) is 11.5 Å².